The molecule has 18 heavy (non-hydrogen) atoms. The van der Waals surface area contributed by atoms with Gasteiger partial charge in [-0.1, -0.05) is 0 Å². The number of anilines is 1. The van der Waals surface area contributed by atoms with Crippen LogP contribution >= 0.6 is 0 Å². The molecule has 5 heteroatoms. The van der Waals surface area contributed by atoms with E-state index in [2.05, 4.69) is 9.97 Å². The van der Waals surface area contributed by atoms with Gasteiger partial charge >= 0.3 is 0 Å². The molecule has 0 unspecified atom stereocenters. The highest BCUT2D eigenvalue weighted by atomic mass is 16.5. The molecule has 0 spiro atoms. The molecule has 90 valence electrons. The number of aromatic nitrogens is 3. The summed E-state index contributed by atoms with van der Waals surface area (Å²) >= 11 is 0. The van der Waals surface area contributed by atoms with Crippen LogP contribution in [0.5, 0.6) is 5.75 Å². The van der Waals surface area contributed by atoms with E-state index < -0.39 is 0 Å². The van der Waals surface area contributed by atoms with Crippen molar-refractivity contribution in [1.82, 2.24) is 14.5 Å². The van der Waals surface area contributed by atoms with Crippen molar-refractivity contribution < 1.29 is 4.74 Å². The van der Waals surface area contributed by atoms with E-state index in [-0.39, 0.29) is 0 Å². The number of nitrogen functional groups attached to an aromatic ring is 1. The smallest absolute Gasteiger partial charge is 0.164 e. The third kappa shape index (κ3) is 1.57. The first-order chi connectivity index (χ1) is 8.79. The fourth-order valence-electron chi connectivity index (χ4n) is 1.89. The number of hydrogen-bond acceptors (Lipinski definition) is 4. The van der Waals surface area contributed by atoms with Crippen molar-refractivity contribution >= 4 is 16.9 Å². The van der Waals surface area contributed by atoms with E-state index in [4.69, 9.17) is 10.5 Å². The Morgan fingerprint density at radius 2 is 2.11 bits per heavy atom. The molecule has 3 rings (SSSR count). The van der Waals surface area contributed by atoms with E-state index in [1.165, 1.54) is 0 Å². The molecule has 0 aliphatic carbocycles. The number of hydrogen-bond donors (Lipinski definition) is 1. The van der Waals surface area contributed by atoms with Crippen LogP contribution < -0.4 is 10.5 Å². The summed E-state index contributed by atoms with van der Waals surface area (Å²) in [4.78, 5) is 8.63. The summed E-state index contributed by atoms with van der Waals surface area (Å²) in [6, 6.07) is 9.37. The second-order valence-electron chi connectivity index (χ2n) is 3.89. The summed E-state index contributed by atoms with van der Waals surface area (Å²) in [7, 11) is 1.60. The Bertz CT molecular complexity index is 705. The van der Waals surface area contributed by atoms with E-state index in [1.807, 2.05) is 34.9 Å². The lowest BCUT2D eigenvalue weighted by molar-refractivity contribution is 0.417. The average Bonchev–Trinajstić information content (AvgIpc) is 2.83. The van der Waals surface area contributed by atoms with Gasteiger partial charge in [0.05, 0.1) is 18.5 Å². The van der Waals surface area contributed by atoms with Crippen molar-refractivity contribution in [3.05, 3.63) is 42.9 Å². The van der Waals surface area contributed by atoms with E-state index >= 15 is 0 Å². The predicted molar refractivity (Wildman–Crippen MR) is 69.8 cm³/mol. The number of methoxy groups -OCH3 is 1. The van der Waals surface area contributed by atoms with E-state index in [1.54, 1.807) is 19.6 Å². The van der Waals surface area contributed by atoms with E-state index in [9.17, 15) is 0 Å². The van der Waals surface area contributed by atoms with Gasteiger partial charge in [0.1, 0.15) is 17.6 Å². The zero-order valence-corrected chi connectivity index (χ0v) is 9.87. The summed E-state index contributed by atoms with van der Waals surface area (Å²) in [5, 5.41) is 0. The number of rotatable bonds is 2. The maximum atomic E-state index is 5.80. The van der Waals surface area contributed by atoms with Crippen LogP contribution in [0.3, 0.4) is 0 Å². The van der Waals surface area contributed by atoms with Gasteiger partial charge < -0.3 is 10.5 Å². The van der Waals surface area contributed by atoms with Gasteiger partial charge in [-0.25, -0.2) is 9.97 Å². The van der Waals surface area contributed by atoms with Gasteiger partial charge in [0.15, 0.2) is 5.65 Å². The molecule has 0 bridgehead atoms. The molecule has 0 saturated heterocycles. The second kappa shape index (κ2) is 4.03. The zero-order chi connectivity index (χ0) is 12.5. The molecule has 5 nitrogen and oxygen atoms in total. The summed E-state index contributed by atoms with van der Waals surface area (Å²) in [5.74, 6) is 0.644. The highest BCUT2D eigenvalue weighted by Gasteiger charge is 2.07. The van der Waals surface area contributed by atoms with Crippen LogP contribution in [0.1, 0.15) is 0 Å². The minimum Gasteiger partial charge on any atom is -0.495 e. The molecular formula is C13H12N4O. The second-order valence-corrected chi connectivity index (χ2v) is 3.89. The highest BCUT2D eigenvalue weighted by Crippen LogP contribution is 2.25. The van der Waals surface area contributed by atoms with Crippen molar-refractivity contribution in [2.75, 3.05) is 12.8 Å². The minimum absolute atomic E-state index is 0.610. The fraction of sp³-hybridized carbons (Fsp3) is 0.0769. The summed E-state index contributed by atoms with van der Waals surface area (Å²) < 4.78 is 7.12. The number of nitrogens with zero attached hydrogens (tertiary/aromatic N) is 3. The summed E-state index contributed by atoms with van der Waals surface area (Å²) in [6.45, 7) is 0. The third-order valence-electron chi connectivity index (χ3n) is 2.80. The van der Waals surface area contributed by atoms with Gasteiger partial charge in [-0.05, 0) is 24.3 Å². The lowest BCUT2D eigenvalue weighted by atomic mass is 10.2. The minimum atomic E-state index is 0.610. The van der Waals surface area contributed by atoms with Crippen molar-refractivity contribution in [3.8, 4) is 11.4 Å². The molecule has 3 aromatic rings. The van der Waals surface area contributed by atoms with Crippen LogP contribution in [0, 0.1) is 0 Å². The molecular weight excluding hydrogens is 228 g/mol. The van der Waals surface area contributed by atoms with Crippen molar-refractivity contribution in [2.24, 2.45) is 0 Å². The topological polar surface area (TPSA) is 66.0 Å². The largest absolute Gasteiger partial charge is 0.495 e. The SMILES string of the molecule is COc1cc(-n2cnc3cccnc32)ccc1N. The van der Waals surface area contributed by atoms with Gasteiger partial charge in [-0.3, -0.25) is 4.57 Å². The van der Waals surface area contributed by atoms with E-state index in [0.29, 0.717) is 11.4 Å². The normalized spacial score (nSPS) is 10.7. The molecule has 2 heterocycles. The first-order valence-corrected chi connectivity index (χ1v) is 5.51. The Morgan fingerprint density at radius 1 is 1.22 bits per heavy atom. The quantitative estimate of drug-likeness (QED) is 0.696. The summed E-state index contributed by atoms with van der Waals surface area (Å²) in [5.41, 5.74) is 8.99. The van der Waals surface area contributed by atoms with Gasteiger partial charge in [0, 0.05) is 12.3 Å². The van der Waals surface area contributed by atoms with Crippen LogP contribution in [-0.4, -0.2) is 21.6 Å². The lowest BCUT2D eigenvalue weighted by Crippen LogP contribution is -1.97. The Kier molecular flexibility index (Phi) is 2.37. The molecule has 2 N–H and O–H groups in total. The molecule has 0 atom stereocenters. The van der Waals surface area contributed by atoms with Crippen molar-refractivity contribution in [1.29, 1.82) is 0 Å². The first-order valence-electron chi connectivity index (χ1n) is 5.51. The standard InChI is InChI=1S/C13H12N4O/c1-18-12-7-9(4-5-10(12)14)17-8-16-11-3-2-6-15-13(11)17/h2-8H,14H2,1H3. The number of imidazole rings is 1. The Morgan fingerprint density at radius 3 is 2.94 bits per heavy atom. The molecule has 2 aromatic heterocycles. The first kappa shape index (κ1) is 10.6. The Hall–Kier alpha value is -2.56. The van der Waals surface area contributed by atoms with E-state index in [0.717, 1.165) is 16.9 Å². The number of pyridine rings is 1. The van der Waals surface area contributed by atoms with Crippen molar-refractivity contribution in [2.45, 2.75) is 0 Å². The van der Waals surface area contributed by atoms with Gasteiger partial charge in [-0.15, -0.1) is 0 Å². The Balaban J connectivity index is 2.20. The fourth-order valence-corrected chi connectivity index (χ4v) is 1.89. The number of fused-ring (bicyclic) bond motifs is 1. The average molecular weight is 240 g/mol. The van der Waals surface area contributed by atoms with Crippen LogP contribution in [0.2, 0.25) is 0 Å². The maximum Gasteiger partial charge on any atom is 0.164 e. The molecule has 1 aromatic carbocycles. The molecule has 0 saturated carbocycles. The maximum absolute atomic E-state index is 5.80. The van der Waals surface area contributed by atoms with Crippen LogP contribution in [-0.2, 0) is 0 Å². The van der Waals surface area contributed by atoms with Gasteiger partial charge in [-0.2, -0.15) is 0 Å². The zero-order valence-electron chi connectivity index (χ0n) is 9.87. The molecule has 0 amide bonds. The number of ether oxygens (including phenoxy) is 1. The molecule has 0 aliphatic rings. The highest BCUT2D eigenvalue weighted by molar-refractivity contribution is 5.73. The van der Waals surface area contributed by atoms with Crippen molar-refractivity contribution in [3.63, 3.8) is 0 Å². The van der Waals surface area contributed by atoms with Gasteiger partial charge in [0.25, 0.3) is 0 Å². The number of benzene rings is 1. The molecule has 0 fully saturated rings. The van der Waals surface area contributed by atoms with Crippen LogP contribution in [0.15, 0.2) is 42.9 Å². The van der Waals surface area contributed by atoms with Crippen LogP contribution in [0.4, 0.5) is 5.69 Å². The summed E-state index contributed by atoms with van der Waals surface area (Å²) in [6.07, 6.45) is 3.48. The van der Waals surface area contributed by atoms with Gasteiger partial charge in [0.2, 0.25) is 0 Å². The third-order valence-corrected chi connectivity index (χ3v) is 2.80. The molecule has 0 radical (unpaired) electrons. The van der Waals surface area contributed by atoms with Crippen LogP contribution in [0.25, 0.3) is 16.9 Å². The monoisotopic (exact) mass is 240 g/mol. The number of nitrogens with two attached hydrogens (primary N) is 1. The Labute approximate surface area is 104 Å². The molecule has 0 aliphatic heterocycles. The predicted octanol–water partition coefficient (Wildman–Crippen LogP) is 2.01. The lowest BCUT2D eigenvalue weighted by Gasteiger charge is -2.08.